The molecular formula is C15H23N3O2. The molecule has 0 saturated heterocycles. The quantitative estimate of drug-likeness (QED) is 0.361. The van der Waals surface area contributed by atoms with Crippen molar-refractivity contribution in [1.82, 2.24) is 4.90 Å². The molecular weight excluding hydrogens is 254 g/mol. The molecule has 0 aliphatic carbocycles. The summed E-state index contributed by atoms with van der Waals surface area (Å²) in [6, 6.07) is 8.26. The highest BCUT2D eigenvalue weighted by Crippen LogP contribution is 2.33. The fourth-order valence-electron chi connectivity index (χ4n) is 2.62. The van der Waals surface area contributed by atoms with E-state index in [1.165, 1.54) is 5.56 Å². The van der Waals surface area contributed by atoms with Gasteiger partial charge in [-0.1, -0.05) is 30.3 Å². The van der Waals surface area contributed by atoms with Crippen LogP contribution in [0.25, 0.3) is 0 Å². The highest BCUT2D eigenvalue weighted by atomic mass is 16.5. The maximum Gasteiger partial charge on any atom is 0.140 e. The second-order valence-corrected chi connectivity index (χ2v) is 5.11. The first kappa shape index (κ1) is 14.7. The van der Waals surface area contributed by atoms with E-state index in [-0.39, 0.29) is 5.84 Å². The number of rotatable bonds is 6. The Balaban J connectivity index is 1.98. The molecule has 2 rings (SSSR count). The number of nitrogens with zero attached hydrogens (tertiary/aromatic N) is 2. The van der Waals surface area contributed by atoms with Crippen LogP contribution < -0.4 is 10.5 Å². The Morgan fingerprint density at radius 3 is 3.05 bits per heavy atom. The SMILES string of the molecule is CCN(CC/C(N)=N/O)CC1CCOc2ccccc21. The molecule has 1 unspecified atom stereocenters. The van der Waals surface area contributed by atoms with E-state index >= 15 is 0 Å². The van der Waals surface area contributed by atoms with Crippen LogP contribution in [0.15, 0.2) is 29.4 Å². The van der Waals surface area contributed by atoms with Gasteiger partial charge >= 0.3 is 0 Å². The van der Waals surface area contributed by atoms with Gasteiger partial charge in [-0.15, -0.1) is 0 Å². The minimum absolute atomic E-state index is 0.288. The molecule has 0 radical (unpaired) electrons. The topological polar surface area (TPSA) is 71.1 Å². The van der Waals surface area contributed by atoms with E-state index in [0.29, 0.717) is 12.3 Å². The van der Waals surface area contributed by atoms with Crippen LogP contribution in [0, 0.1) is 0 Å². The monoisotopic (exact) mass is 277 g/mol. The Labute approximate surface area is 120 Å². The molecule has 5 heteroatoms. The third-order valence-corrected chi connectivity index (χ3v) is 3.82. The molecule has 1 aliphatic heterocycles. The summed E-state index contributed by atoms with van der Waals surface area (Å²) in [5, 5.41) is 11.6. The van der Waals surface area contributed by atoms with Gasteiger partial charge < -0.3 is 20.6 Å². The normalized spacial score (nSPS) is 18.7. The summed E-state index contributed by atoms with van der Waals surface area (Å²) >= 11 is 0. The molecule has 110 valence electrons. The largest absolute Gasteiger partial charge is 0.493 e. The minimum Gasteiger partial charge on any atom is -0.493 e. The molecule has 3 N–H and O–H groups in total. The molecule has 0 fully saturated rings. The zero-order chi connectivity index (χ0) is 14.4. The lowest BCUT2D eigenvalue weighted by Gasteiger charge is -2.30. The van der Waals surface area contributed by atoms with Crippen molar-refractivity contribution in [3.63, 3.8) is 0 Å². The predicted octanol–water partition coefficient (Wildman–Crippen LogP) is 2.01. The first-order valence-electron chi connectivity index (χ1n) is 7.15. The van der Waals surface area contributed by atoms with Gasteiger partial charge in [-0.2, -0.15) is 0 Å². The Morgan fingerprint density at radius 2 is 2.30 bits per heavy atom. The van der Waals surface area contributed by atoms with Crippen molar-refractivity contribution in [1.29, 1.82) is 0 Å². The van der Waals surface area contributed by atoms with E-state index in [1.807, 2.05) is 12.1 Å². The van der Waals surface area contributed by atoms with Crippen LogP contribution >= 0.6 is 0 Å². The van der Waals surface area contributed by atoms with Gasteiger partial charge in [0.25, 0.3) is 0 Å². The summed E-state index contributed by atoms with van der Waals surface area (Å²) in [5.41, 5.74) is 6.83. The van der Waals surface area contributed by atoms with Crippen LogP contribution in [0.3, 0.4) is 0 Å². The third-order valence-electron chi connectivity index (χ3n) is 3.82. The Bertz CT molecular complexity index is 462. The highest BCUT2D eigenvalue weighted by molar-refractivity contribution is 5.79. The first-order chi connectivity index (χ1) is 9.74. The van der Waals surface area contributed by atoms with Crippen LogP contribution in [0.4, 0.5) is 0 Å². The van der Waals surface area contributed by atoms with Gasteiger partial charge in [0.05, 0.1) is 6.61 Å². The molecule has 0 spiro atoms. The molecule has 0 bridgehead atoms. The number of ether oxygens (including phenoxy) is 1. The number of likely N-dealkylation sites (N-methyl/N-ethyl adjacent to an activating group) is 1. The van der Waals surface area contributed by atoms with Crippen molar-refractivity contribution in [2.24, 2.45) is 10.9 Å². The van der Waals surface area contributed by atoms with E-state index in [2.05, 4.69) is 29.1 Å². The zero-order valence-corrected chi connectivity index (χ0v) is 12.0. The zero-order valence-electron chi connectivity index (χ0n) is 12.0. The van der Waals surface area contributed by atoms with Crippen molar-refractivity contribution in [3.8, 4) is 5.75 Å². The van der Waals surface area contributed by atoms with Gasteiger partial charge in [-0.25, -0.2) is 0 Å². The predicted molar refractivity (Wildman–Crippen MR) is 79.4 cm³/mol. The lowest BCUT2D eigenvalue weighted by atomic mass is 9.92. The number of fused-ring (bicyclic) bond motifs is 1. The van der Waals surface area contributed by atoms with Crippen LogP contribution in [0.5, 0.6) is 5.75 Å². The number of benzene rings is 1. The molecule has 0 amide bonds. The second-order valence-electron chi connectivity index (χ2n) is 5.11. The van der Waals surface area contributed by atoms with Crippen molar-refractivity contribution in [2.75, 3.05) is 26.2 Å². The van der Waals surface area contributed by atoms with E-state index in [1.54, 1.807) is 0 Å². The summed E-state index contributed by atoms with van der Waals surface area (Å²) in [6.07, 6.45) is 1.63. The lowest BCUT2D eigenvalue weighted by Crippen LogP contribution is -2.33. The van der Waals surface area contributed by atoms with Crippen LogP contribution in [0.2, 0.25) is 0 Å². The van der Waals surface area contributed by atoms with Crippen LogP contribution in [-0.4, -0.2) is 42.2 Å². The van der Waals surface area contributed by atoms with Gasteiger partial charge in [0, 0.05) is 25.4 Å². The number of oxime groups is 1. The maximum atomic E-state index is 8.60. The van der Waals surface area contributed by atoms with Crippen molar-refractivity contribution in [2.45, 2.75) is 25.7 Å². The summed E-state index contributed by atoms with van der Waals surface area (Å²) in [7, 11) is 0. The highest BCUT2D eigenvalue weighted by Gasteiger charge is 2.22. The summed E-state index contributed by atoms with van der Waals surface area (Å²) in [4.78, 5) is 2.34. The number of para-hydroxylation sites is 1. The molecule has 1 aromatic rings. The smallest absolute Gasteiger partial charge is 0.140 e. The average Bonchev–Trinajstić information content (AvgIpc) is 2.51. The fraction of sp³-hybridized carbons (Fsp3) is 0.533. The third kappa shape index (κ3) is 3.63. The average molecular weight is 277 g/mol. The number of amidine groups is 1. The van der Waals surface area contributed by atoms with Gasteiger partial charge in [-0.05, 0) is 24.6 Å². The van der Waals surface area contributed by atoms with Crippen LogP contribution in [-0.2, 0) is 0 Å². The van der Waals surface area contributed by atoms with Crippen molar-refractivity contribution >= 4 is 5.84 Å². The molecule has 1 aromatic carbocycles. The Kier molecular flexibility index (Phi) is 5.24. The van der Waals surface area contributed by atoms with E-state index in [4.69, 9.17) is 15.7 Å². The number of hydrogen-bond acceptors (Lipinski definition) is 4. The number of hydrogen-bond donors (Lipinski definition) is 2. The van der Waals surface area contributed by atoms with Gasteiger partial charge in [0.2, 0.25) is 0 Å². The molecule has 1 atom stereocenters. The Hall–Kier alpha value is -1.75. The lowest BCUT2D eigenvalue weighted by molar-refractivity contribution is 0.218. The molecule has 5 nitrogen and oxygen atoms in total. The van der Waals surface area contributed by atoms with Gasteiger partial charge in [0.1, 0.15) is 11.6 Å². The number of nitrogens with two attached hydrogens (primary N) is 1. The van der Waals surface area contributed by atoms with Crippen molar-refractivity contribution < 1.29 is 9.94 Å². The molecule has 1 heterocycles. The van der Waals surface area contributed by atoms with Gasteiger partial charge in [0.15, 0.2) is 0 Å². The van der Waals surface area contributed by atoms with E-state index in [9.17, 15) is 0 Å². The first-order valence-corrected chi connectivity index (χ1v) is 7.15. The molecule has 0 saturated carbocycles. The summed E-state index contributed by atoms with van der Waals surface area (Å²) in [6.45, 7) is 5.66. The molecule has 20 heavy (non-hydrogen) atoms. The molecule has 0 aromatic heterocycles. The van der Waals surface area contributed by atoms with Crippen LogP contribution in [0.1, 0.15) is 31.2 Å². The van der Waals surface area contributed by atoms with E-state index < -0.39 is 0 Å². The minimum atomic E-state index is 0.288. The second kappa shape index (κ2) is 7.14. The van der Waals surface area contributed by atoms with Crippen molar-refractivity contribution in [3.05, 3.63) is 29.8 Å². The summed E-state index contributed by atoms with van der Waals surface area (Å²) in [5.74, 6) is 1.79. The standard InChI is InChI=1S/C15H23N3O2/c1-2-18(9-7-15(16)17-19)11-12-8-10-20-14-6-4-3-5-13(12)14/h3-6,12,19H,2,7-11H2,1H3,(H2,16,17). The fourth-order valence-corrected chi connectivity index (χ4v) is 2.62. The Morgan fingerprint density at radius 1 is 1.50 bits per heavy atom. The molecule has 1 aliphatic rings. The maximum absolute atomic E-state index is 8.60. The van der Waals surface area contributed by atoms with Gasteiger partial charge in [-0.3, -0.25) is 0 Å². The summed E-state index contributed by atoms with van der Waals surface area (Å²) < 4.78 is 5.69. The van der Waals surface area contributed by atoms with E-state index in [0.717, 1.165) is 38.4 Å².